The molecule has 0 saturated carbocycles. The molecule has 0 spiro atoms. The van der Waals surface area contributed by atoms with Gasteiger partial charge in [0.2, 0.25) is 10.0 Å². The number of para-hydroxylation sites is 1. The van der Waals surface area contributed by atoms with Crippen molar-refractivity contribution >= 4 is 54.2 Å². The third-order valence-corrected chi connectivity index (χ3v) is 8.80. The molecule has 0 aliphatic heterocycles. The Morgan fingerprint density at radius 2 is 1.68 bits per heavy atom. The molecule has 0 radical (unpaired) electrons. The molecule has 2 heterocycles. The standard InChI is InChI=1S/C27H30ClN3O4S2/c1-18(2)15-30(16-19(3)4)37(33,34)22-12-10-20(11-13-22)26(32)31(17-21-7-6-14-35-21)27-29-25-23(28)8-5-9-24(25)36-27/h5-14,18-19H,15-17H2,1-4H3. The first-order valence-corrected chi connectivity index (χ1v) is 14.7. The van der Waals surface area contributed by atoms with E-state index in [4.69, 9.17) is 16.0 Å². The highest BCUT2D eigenvalue weighted by molar-refractivity contribution is 7.89. The van der Waals surface area contributed by atoms with Crippen LogP contribution < -0.4 is 4.90 Å². The van der Waals surface area contributed by atoms with Crippen LogP contribution in [-0.4, -0.2) is 36.7 Å². The van der Waals surface area contributed by atoms with Crippen LogP contribution in [0.25, 0.3) is 10.2 Å². The van der Waals surface area contributed by atoms with Crippen LogP contribution in [0.4, 0.5) is 5.13 Å². The number of amides is 1. The first-order chi connectivity index (χ1) is 17.6. The molecule has 37 heavy (non-hydrogen) atoms. The van der Waals surface area contributed by atoms with Crippen molar-refractivity contribution in [1.82, 2.24) is 9.29 Å². The lowest BCUT2D eigenvalue weighted by molar-refractivity contribution is 0.0983. The summed E-state index contributed by atoms with van der Waals surface area (Å²) in [5.41, 5.74) is 0.966. The van der Waals surface area contributed by atoms with Crippen molar-refractivity contribution < 1.29 is 17.6 Å². The first-order valence-electron chi connectivity index (χ1n) is 12.1. The van der Waals surface area contributed by atoms with E-state index in [1.54, 1.807) is 36.6 Å². The molecule has 4 aromatic rings. The zero-order chi connectivity index (χ0) is 26.7. The number of nitrogens with zero attached hydrogens (tertiary/aromatic N) is 3. The van der Waals surface area contributed by atoms with Crippen LogP contribution in [0.5, 0.6) is 0 Å². The van der Waals surface area contributed by atoms with Crippen molar-refractivity contribution in [3.05, 3.63) is 77.2 Å². The Labute approximate surface area is 226 Å². The second kappa shape index (κ2) is 11.3. The summed E-state index contributed by atoms with van der Waals surface area (Å²) in [5.74, 6) is 0.645. The lowest BCUT2D eigenvalue weighted by Gasteiger charge is -2.25. The molecule has 0 aliphatic carbocycles. The predicted octanol–water partition coefficient (Wildman–Crippen LogP) is 6.69. The number of thiazole rings is 1. The molecule has 0 unspecified atom stereocenters. The number of hydrogen-bond donors (Lipinski definition) is 0. The van der Waals surface area contributed by atoms with Crippen LogP contribution in [0.15, 0.2) is 70.2 Å². The Morgan fingerprint density at radius 1 is 1.00 bits per heavy atom. The molecule has 0 N–H and O–H groups in total. The summed E-state index contributed by atoms with van der Waals surface area (Å²) in [5, 5.41) is 0.980. The third kappa shape index (κ3) is 6.23. The van der Waals surface area contributed by atoms with Crippen LogP contribution >= 0.6 is 22.9 Å². The fourth-order valence-corrected chi connectivity index (χ4v) is 6.99. The monoisotopic (exact) mass is 559 g/mol. The molecular weight excluding hydrogens is 530 g/mol. The molecule has 4 rings (SSSR count). The van der Waals surface area contributed by atoms with Gasteiger partial charge in [-0.2, -0.15) is 4.31 Å². The molecule has 0 aliphatic rings. The average Bonchev–Trinajstić information content (AvgIpc) is 3.52. The van der Waals surface area contributed by atoms with Crippen LogP contribution in [-0.2, 0) is 16.6 Å². The zero-order valence-corrected chi connectivity index (χ0v) is 23.6. The first kappa shape index (κ1) is 27.3. The summed E-state index contributed by atoms with van der Waals surface area (Å²) in [7, 11) is -3.70. The Morgan fingerprint density at radius 3 is 2.24 bits per heavy atom. The van der Waals surface area contributed by atoms with E-state index in [1.807, 2.05) is 39.8 Å². The molecule has 0 bridgehead atoms. The maximum absolute atomic E-state index is 13.7. The second-order valence-corrected chi connectivity index (χ2v) is 13.0. The Hall–Kier alpha value is -2.72. The second-order valence-electron chi connectivity index (χ2n) is 9.69. The fourth-order valence-electron chi connectivity index (χ4n) is 3.96. The van der Waals surface area contributed by atoms with Gasteiger partial charge in [0.1, 0.15) is 11.3 Å². The zero-order valence-electron chi connectivity index (χ0n) is 21.2. The van der Waals surface area contributed by atoms with Crippen LogP contribution in [0, 0.1) is 11.8 Å². The van der Waals surface area contributed by atoms with Crippen molar-refractivity contribution in [3.8, 4) is 0 Å². The summed E-state index contributed by atoms with van der Waals surface area (Å²) >= 11 is 7.68. The summed E-state index contributed by atoms with van der Waals surface area (Å²) < 4.78 is 34.6. The highest BCUT2D eigenvalue weighted by Gasteiger charge is 2.27. The summed E-state index contributed by atoms with van der Waals surface area (Å²) in [6, 6.07) is 15.1. The Balaban J connectivity index is 1.66. The summed E-state index contributed by atoms with van der Waals surface area (Å²) in [6.45, 7) is 9.00. The number of hydrogen-bond acceptors (Lipinski definition) is 6. The van der Waals surface area contributed by atoms with Gasteiger partial charge in [0.25, 0.3) is 5.91 Å². The van der Waals surface area contributed by atoms with Gasteiger partial charge in [-0.05, 0) is 60.4 Å². The Bertz CT molecular complexity index is 1450. The topological polar surface area (TPSA) is 83.7 Å². The number of anilines is 1. The molecule has 196 valence electrons. The lowest BCUT2D eigenvalue weighted by Crippen LogP contribution is -2.37. The molecule has 0 fully saturated rings. The number of halogens is 1. The number of fused-ring (bicyclic) bond motifs is 1. The smallest absolute Gasteiger partial charge is 0.260 e. The molecule has 1 amide bonds. The third-order valence-electron chi connectivity index (χ3n) is 5.61. The quantitative estimate of drug-likeness (QED) is 0.216. The van der Waals surface area contributed by atoms with E-state index in [0.717, 1.165) is 4.70 Å². The van der Waals surface area contributed by atoms with Crippen molar-refractivity contribution in [2.45, 2.75) is 39.1 Å². The molecule has 2 aromatic carbocycles. The van der Waals surface area contributed by atoms with Crippen LogP contribution in [0.3, 0.4) is 0 Å². The number of sulfonamides is 1. The normalized spacial score (nSPS) is 12.2. The van der Waals surface area contributed by atoms with E-state index < -0.39 is 10.0 Å². The molecule has 10 heteroatoms. The highest BCUT2D eigenvalue weighted by Crippen LogP contribution is 2.34. The van der Waals surface area contributed by atoms with E-state index in [2.05, 4.69) is 4.98 Å². The van der Waals surface area contributed by atoms with Crippen molar-refractivity contribution in [2.75, 3.05) is 18.0 Å². The van der Waals surface area contributed by atoms with Gasteiger partial charge in [-0.15, -0.1) is 0 Å². The van der Waals surface area contributed by atoms with Crippen LogP contribution in [0.2, 0.25) is 5.02 Å². The van der Waals surface area contributed by atoms with Gasteiger partial charge in [-0.3, -0.25) is 9.69 Å². The number of aromatic nitrogens is 1. The number of furan rings is 1. The minimum atomic E-state index is -3.70. The maximum atomic E-state index is 13.7. The highest BCUT2D eigenvalue weighted by atomic mass is 35.5. The van der Waals surface area contributed by atoms with Gasteiger partial charge in [-0.25, -0.2) is 13.4 Å². The SMILES string of the molecule is CC(C)CN(CC(C)C)S(=O)(=O)c1ccc(C(=O)N(Cc2ccco2)c2nc3c(Cl)cccc3s2)cc1. The minimum absolute atomic E-state index is 0.162. The predicted molar refractivity (Wildman–Crippen MR) is 149 cm³/mol. The molecular formula is C27H30ClN3O4S2. The van der Waals surface area contributed by atoms with Gasteiger partial charge in [0.15, 0.2) is 5.13 Å². The van der Waals surface area contributed by atoms with Crippen molar-refractivity contribution in [3.63, 3.8) is 0 Å². The fraction of sp³-hybridized carbons (Fsp3) is 0.333. The van der Waals surface area contributed by atoms with Gasteiger partial charge in [0, 0.05) is 18.7 Å². The maximum Gasteiger partial charge on any atom is 0.260 e. The Kier molecular flexibility index (Phi) is 8.38. The number of carbonyl (C=O) groups is 1. The van der Waals surface area contributed by atoms with E-state index in [1.165, 1.54) is 32.7 Å². The van der Waals surface area contributed by atoms with Crippen molar-refractivity contribution in [1.29, 1.82) is 0 Å². The number of carbonyl (C=O) groups excluding carboxylic acids is 1. The summed E-state index contributed by atoms with van der Waals surface area (Å²) in [6.07, 6.45) is 1.55. The molecule has 2 aromatic heterocycles. The van der Waals surface area contributed by atoms with E-state index in [0.29, 0.717) is 40.1 Å². The lowest BCUT2D eigenvalue weighted by atomic mass is 10.2. The van der Waals surface area contributed by atoms with Gasteiger partial charge >= 0.3 is 0 Å². The summed E-state index contributed by atoms with van der Waals surface area (Å²) in [4.78, 5) is 20.0. The van der Waals surface area contributed by atoms with E-state index in [9.17, 15) is 13.2 Å². The molecule has 7 nitrogen and oxygen atoms in total. The number of benzene rings is 2. The minimum Gasteiger partial charge on any atom is -0.467 e. The van der Waals surface area contributed by atoms with Gasteiger partial charge in [0.05, 0.1) is 27.4 Å². The van der Waals surface area contributed by atoms with Crippen molar-refractivity contribution in [2.24, 2.45) is 11.8 Å². The average molecular weight is 560 g/mol. The van der Waals surface area contributed by atoms with E-state index >= 15 is 0 Å². The molecule has 0 saturated heterocycles. The van der Waals surface area contributed by atoms with E-state index in [-0.39, 0.29) is 29.2 Å². The van der Waals surface area contributed by atoms with Crippen LogP contribution in [0.1, 0.15) is 43.8 Å². The largest absolute Gasteiger partial charge is 0.467 e. The van der Waals surface area contributed by atoms with Gasteiger partial charge in [-0.1, -0.05) is 56.7 Å². The number of rotatable bonds is 10. The molecule has 0 atom stereocenters. The van der Waals surface area contributed by atoms with Gasteiger partial charge < -0.3 is 4.42 Å².